The number of nitrogens with zero attached hydrogens (tertiary/aromatic N) is 1. The first-order valence-electron chi connectivity index (χ1n) is 9.27. The molecule has 0 aliphatic heterocycles. The summed E-state index contributed by atoms with van der Waals surface area (Å²) in [6.07, 6.45) is 9.33. The van der Waals surface area contributed by atoms with Crippen molar-refractivity contribution in [3.8, 4) is 0 Å². The topological polar surface area (TPSA) is 56.7 Å². The second-order valence-electron chi connectivity index (χ2n) is 7.09. The minimum atomic E-state index is 0. The van der Waals surface area contributed by atoms with Crippen molar-refractivity contribution < 1.29 is 5.11 Å². The summed E-state index contributed by atoms with van der Waals surface area (Å²) in [5, 5.41) is 17.1. The Hall–Kier alpha value is 0.310. The van der Waals surface area contributed by atoms with Crippen LogP contribution in [0.25, 0.3) is 0 Å². The number of aliphatic hydroxyl groups is 1. The van der Waals surface area contributed by atoms with Gasteiger partial charge in [-0.05, 0) is 57.1 Å². The molecule has 1 rings (SSSR count). The molecule has 0 bridgehead atoms. The van der Waals surface area contributed by atoms with Gasteiger partial charge in [0, 0.05) is 31.0 Å². The number of halogens is 1. The lowest BCUT2D eigenvalue weighted by Gasteiger charge is -2.30. The second kappa shape index (κ2) is 14.5. The van der Waals surface area contributed by atoms with Gasteiger partial charge in [-0.25, -0.2) is 0 Å². The molecule has 0 heterocycles. The van der Waals surface area contributed by atoms with Crippen LogP contribution in [0.15, 0.2) is 4.99 Å². The maximum atomic E-state index is 9.25. The predicted molar refractivity (Wildman–Crippen MR) is 119 cm³/mol. The first-order valence-corrected chi connectivity index (χ1v) is 10.6. The number of hydrogen-bond donors (Lipinski definition) is 3. The fourth-order valence-electron chi connectivity index (χ4n) is 3.36. The summed E-state index contributed by atoms with van der Waals surface area (Å²) in [7, 11) is 0. The van der Waals surface area contributed by atoms with E-state index in [2.05, 4.69) is 37.7 Å². The van der Waals surface area contributed by atoms with Crippen molar-refractivity contribution in [2.75, 3.05) is 26.0 Å². The van der Waals surface area contributed by atoms with E-state index < -0.39 is 0 Å². The van der Waals surface area contributed by atoms with Gasteiger partial charge in [0.05, 0.1) is 0 Å². The molecule has 0 spiro atoms. The van der Waals surface area contributed by atoms with Crippen molar-refractivity contribution in [1.29, 1.82) is 0 Å². The zero-order valence-electron chi connectivity index (χ0n) is 15.9. The van der Waals surface area contributed by atoms with Gasteiger partial charge in [-0.1, -0.05) is 20.3 Å². The van der Waals surface area contributed by atoms with Crippen LogP contribution in [-0.2, 0) is 0 Å². The van der Waals surface area contributed by atoms with E-state index >= 15 is 0 Å². The monoisotopic (exact) mass is 471 g/mol. The van der Waals surface area contributed by atoms with Crippen LogP contribution in [0, 0.1) is 11.8 Å². The number of aliphatic imine (C=N–C) groups is 1. The number of rotatable bonds is 9. The highest BCUT2D eigenvalue weighted by Gasteiger charge is 2.22. The third kappa shape index (κ3) is 10.3. The first-order chi connectivity index (χ1) is 11.1. The van der Waals surface area contributed by atoms with Crippen LogP contribution in [0.5, 0.6) is 0 Å². The molecule has 6 heteroatoms. The Balaban J connectivity index is 0.00000529. The predicted octanol–water partition coefficient (Wildman–Crippen LogP) is 3.88. The van der Waals surface area contributed by atoms with Crippen LogP contribution < -0.4 is 10.6 Å². The van der Waals surface area contributed by atoms with Crippen LogP contribution in [0.4, 0.5) is 0 Å². The highest BCUT2D eigenvalue weighted by atomic mass is 127. The second-order valence-corrected chi connectivity index (χ2v) is 8.23. The van der Waals surface area contributed by atoms with Crippen molar-refractivity contribution in [1.82, 2.24) is 10.6 Å². The summed E-state index contributed by atoms with van der Waals surface area (Å²) < 4.78 is 0. The minimum Gasteiger partial charge on any atom is -0.396 e. The normalized spacial score (nSPS) is 22.8. The molecule has 3 atom stereocenters. The van der Waals surface area contributed by atoms with Crippen molar-refractivity contribution in [2.45, 2.75) is 70.6 Å². The van der Waals surface area contributed by atoms with Gasteiger partial charge in [0.1, 0.15) is 0 Å². The Bertz CT molecular complexity index is 342. The fraction of sp³-hybridized carbons (Fsp3) is 0.944. The van der Waals surface area contributed by atoms with E-state index in [1.54, 1.807) is 0 Å². The first kappa shape index (κ1) is 24.3. The van der Waals surface area contributed by atoms with Gasteiger partial charge in [0.25, 0.3) is 0 Å². The van der Waals surface area contributed by atoms with Gasteiger partial charge in [-0.15, -0.1) is 24.0 Å². The van der Waals surface area contributed by atoms with Gasteiger partial charge in [-0.2, -0.15) is 11.8 Å². The number of nitrogens with one attached hydrogen (secondary N) is 2. The Labute approximate surface area is 170 Å². The highest BCUT2D eigenvalue weighted by molar-refractivity contribution is 14.0. The molecule has 1 aliphatic carbocycles. The number of hydrogen-bond acceptors (Lipinski definition) is 3. The summed E-state index contributed by atoms with van der Waals surface area (Å²) in [5.41, 5.74) is 0. The van der Waals surface area contributed by atoms with Crippen LogP contribution in [0.2, 0.25) is 0 Å². The molecule has 0 saturated heterocycles. The number of thioether (sulfide) groups is 1. The maximum absolute atomic E-state index is 9.25. The number of aliphatic hydroxyl groups excluding tert-OH is 1. The van der Waals surface area contributed by atoms with Crippen LogP contribution in [0.3, 0.4) is 0 Å². The smallest absolute Gasteiger partial charge is 0.191 e. The molecule has 0 radical (unpaired) electrons. The molecule has 0 aromatic carbocycles. The molecule has 1 saturated carbocycles. The average molecular weight is 471 g/mol. The highest BCUT2D eigenvalue weighted by Crippen LogP contribution is 2.26. The third-order valence-corrected chi connectivity index (χ3v) is 5.59. The Morgan fingerprint density at radius 2 is 2.08 bits per heavy atom. The molecular weight excluding hydrogens is 433 g/mol. The van der Waals surface area contributed by atoms with E-state index in [-0.39, 0.29) is 30.6 Å². The van der Waals surface area contributed by atoms with Gasteiger partial charge < -0.3 is 15.7 Å². The largest absolute Gasteiger partial charge is 0.396 e. The molecule has 3 N–H and O–H groups in total. The summed E-state index contributed by atoms with van der Waals surface area (Å²) >= 11 is 1.99. The molecule has 0 aromatic rings. The lowest BCUT2D eigenvalue weighted by atomic mass is 9.94. The molecule has 0 aromatic heterocycles. The van der Waals surface area contributed by atoms with E-state index in [0.29, 0.717) is 17.9 Å². The van der Waals surface area contributed by atoms with Crippen LogP contribution >= 0.6 is 35.7 Å². The third-order valence-electron chi connectivity index (χ3n) is 4.49. The zero-order chi connectivity index (χ0) is 17.1. The van der Waals surface area contributed by atoms with E-state index in [9.17, 15) is 5.11 Å². The van der Waals surface area contributed by atoms with Gasteiger partial charge in [0.2, 0.25) is 0 Å². The SMILES string of the molecule is CCNC(=NCC(CCO)CC(C)C)NC1CCCC(SC)C1.I. The van der Waals surface area contributed by atoms with Gasteiger partial charge in [0.15, 0.2) is 5.96 Å². The maximum Gasteiger partial charge on any atom is 0.191 e. The molecule has 24 heavy (non-hydrogen) atoms. The summed E-state index contributed by atoms with van der Waals surface area (Å²) in [5.74, 6) is 2.07. The summed E-state index contributed by atoms with van der Waals surface area (Å²) in [4.78, 5) is 4.81. The lowest BCUT2D eigenvalue weighted by Crippen LogP contribution is -2.46. The van der Waals surface area contributed by atoms with E-state index in [0.717, 1.165) is 37.1 Å². The quantitative estimate of drug-likeness (QED) is 0.272. The zero-order valence-corrected chi connectivity index (χ0v) is 19.0. The molecule has 3 unspecified atom stereocenters. The van der Waals surface area contributed by atoms with Crippen LogP contribution in [-0.4, -0.2) is 48.3 Å². The molecule has 4 nitrogen and oxygen atoms in total. The Morgan fingerprint density at radius 1 is 1.33 bits per heavy atom. The fourth-order valence-corrected chi connectivity index (χ4v) is 4.18. The standard InChI is InChI=1S/C18H37N3OS.HI/c1-5-19-18(20-13-15(9-10-22)11-14(2)3)21-16-7-6-8-17(12-16)23-4;/h14-17,22H,5-13H2,1-4H3,(H2,19,20,21);1H. The average Bonchev–Trinajstić information content (AvgIpc) is 2.52. The number of guanidine groups is 1. The van der Waals surface area contributed by atoms with Crippen LogP contribution in [0.1, 0.15) is 59.3 Å². The van der Waals surface area contributed by atoms with E-state index in [4.69, 9.17) is 4.99 Å². The summed E-state index contributed by atoms with van der Waals surface area (Å²) in [6.45, 7) is 8.54. The summed E-state index contributed by atoms with van der Waals surface area (Å²) in [6, 6.07) is 0.542. The van der Waals surface area contributed by atoms with Crippen molar-refractivity contribution in [2.24, 2.45) is 16.8 Å². The van der Waals surface area contributed by atoms with Gasteiger partial charge >= 0.3 is 0 Å². The molecule has 144 valence electrons. The van der Waals surface area contributed by atoms with Crippen molar-refractivity contribution >= 4 is 41.7 Å². The van der Waals surface area contributed by atoms with E-state index in [1.165, 1.54) is 25.7 Å². The molecular formula is C18H38IN3OS. The Morgan fingerprint density at radius 3 is 2.67 bits per heavy atom. The van der Waals surface area contributed by atoms with Crippen molar-refractivity contribution in [3.05, 3.63) is 0 Å². The Kier molecular flexibility index (Phi) is 14.7. The molecule has 1 aliphatic rings. The lowest BCUT2D eigenvalue weighted by molar-refractivity contribution is 0.245. The molecule has 1 fully saturated rings. The van der Waals surface area contributed by atoms with E-state index in [1.807, 2.05) is 11.8 Å². The van der Waals surface area contributed by atoms with Crippen molar-refractivity contribution in [3.63, 3.8) is 0 Å². The minimum absolute atomic E-state index is 0. The molecule has 0 amide bonds. The van der Waals surface area contributed by atoms with Gasteiger partial charge in [-0.3, -0.25) is 4.99 Å².